The molecule has 0 radical (unpaired) electrons. The summed E-state index contributed by atoms with van der Waals surface area (Å²) >= 11 is 0. The van der Waals surface area contributed by atoms with Gasteiger partial charge in [-0.05, 0) is 0 Å². The third-order valence-corrected chi connectivity index (χ3v) is 11.9. The molecule has 0 unspecified atom stereocenters. The Balaban J connectivity index is 2.33. The van der Waals surface area contributed by atoms with Gasteiger partial charge < -0.3 is 0 Å². The molecular weight excluding hydrogens is 343 g/mol. The van der Waals surface area contributed by atoms with Crippen LogP contribution in [0.3, 0.4) is 0 Å². The van der Waals surface area contributed by atoms with Crippen LogP contribution in [0, 0.1) is 10.8 Å². The molecule has 0 N–H and O–H groups in total. The Morgan fingerprint density at radius 2 is 0.815 bits per heavy atom. The molecule has 0 saturated carbocycles. The molecule has 0 saturated heterocycles. The van der Waals surface area contributed by atoms with Gasteiger partial charge in [0.25, 0.3) is 0 Å². The van der Waals surface area contributed by atoms with Crippen molar-refractivity contribution in [1.82, 2.24) is 0 Å². The van der Waals surface area contributed by atoms with Crippen LogP contribution < -0.4 is 15.9 Å². The molecule has 0 aliphatic carbocycles. The molecule has 0 fully saturated rings. The summed E-state index contributed by atoms with van der Waals surface area (Å²) in [6.45, 7) is 12.0. The summed E-state index contributed by atoms with van der Waals surface area (Å²) in [5.41, 5.74) is 0.421. The molecule has 27 heavy (non-hydrogen) atoms. The van der Waals surface area contributed by atoms with Gasteiger partial charge in [0.2, 0.25) is 0 Å². The Hall–Kier alpha value is -1.91. The molecule has 0 aromatic heterocycles. The van der Waals surface area contributed by atoms with E-state index < -0.39 is 7.26 Å². The summed E-state index contributed by atoms with van der Waals surface area (Å²) < 4.78 is 0. The Bertz CT molecular complexity index is 746. The molecule has 0 aliphatic rings. The van der Waals surface area contributed by atoms with E-state index in [1.807, 2.05) is 0 Å². The van der Waals surface area contributed by atoms with Crippen molar-refractivity contribution in [3.63, 3.8) is 0 Å². The first kappa shape index (κ1) is 19.8. The summed E-state index contributed by atoms with van der Waals surface area (Å²) in [6.07, 6.45) is 1.18. The SMILES string of the molecule is CC(C)(C)C(C)(C)C[PH](c1ccccc1)(c1ccccc1)c1ccccc1. The van der Waals surface area contributed by atoms with Gasteiger partial charge in [-0.3, -0.25) is 0 Å². The molecule has 0 aliphatic heterocycles. The first-order valence-corrected chi connectivity index (χ1v) is 12.1. The van der Waals surface area contributed by atoms with Crippen molar-refractivity contribution in [3.05, 3.63) is 91.0 Å². The van der Waals surface area contributed by atoms with Gasteiger partial charge in [-0.25, -0.2) is 0 Å². The van der Waals surface area contributed by atoms with Crippen molar-refractivity contribution in [2.75, 3.05) is 6.16 Å². The topological polar surface area (TPSA) is 0 Å². The fourth-order valence-corrected chi connectivity index (χ4v) is 9.66. The van der Waals surface area contributed by atoms with Gasteiger partial charge in [-0.2, -0.15) is 0 Å². The molecule has 0 amide bonds. The summed E-state index contributed by atoms with van der Waals surface area (Å²) in [4.78, 5) is 0. The van der Waals surface area contributed by atoms with E-state index in [9.17, 15) is 0 Å². The average Bonchev–Trinajstić information content (AvgIpc) is 2.67. The molecule has 142 valence electrons. The van der Waals surface area contributed by atoms with E-state index in [1.165, 1.54) is 22.1 Å². The van der Waals surface area contributed by atoms with Crippen LogP contribution in [0.25, 0.3) is 0 Å². The monoisotopic (exact) mass is 376 g/mol. The van der Waals surface area contributed by atoms with Crippen LogP contribution in [0.5, 0.6) is 0 Å². The molecule has 0 nitrogen and oxygen atoms in total. The second-order valence-electron chi connectivity index (χ2n) is 9.31. The van der Waals surface area contributed by atoms with Crippen LogP contribution in [-0.4, -0.2) is 6.16 Å². The fraction of sp³-hybridized carbons (Fsp3) is 0.308. The standard InChI is InChI=1S/C26H33P/c1-25(2,3)26(4,5)21-27(22-15-9-6-10-16-22,23-17-11-7-12-18-23)24-19-13-8-14-20-24/h6-20,27H,21H2,1-5H3. The van der Waals surface area contributed by atoms with E-state index in [-0.39, 0.29) is 10.8 Å². The summed E-state index contributed by atoms with van der Waals surface area (Å²) in [6, 6.07) is 33.7. The Labute approximate surface area is 166 Å². The van der Waals surface area contributed by atoms with Crippen LogP contribution in [-0.2, 0) is 0 Å². The molecule has 0 bridgehead atoms. The summed E-state index contributed by atoms with van der Waals surface area (Å²) in [5, 5.41) is 4.50. The van der Waals surface area contributed by atoms with Crippen LogP contribution in [0.4, 0.5) is 0 Å². The van der Waals surface area contributed by atoms with Gasteiger partial charge in [0.1, 0.15) is 0 Å². The zero-order valence-electron chi connectivity index (χ0n) is 17.4. The third-order valence-electron chi connectivity index (χ3n) is 6.54. The van der Waals surface area contributed by atoms with Crippen molar-refractivity contribution in [1.29, 1.82) is 0 Å². The second-order valence-corrected chi connectivity index (χ2v) is 13.2. The molecule has 3 rings (SSSR count). The molecule has 1 heteroatoms. The number of hydrogen-bond acceptors (Lipinski definition) is 0. The normalized spacial score (nSPS) is 13.4. The van der Waals surface area contributed by atoms with Gasteiger partial charge in [-0.1, -0.05) is 0 Å². The van der Waals surface area contributed by atoms with E-state index in [2.05, 4.69) is 126 Å². The van der Waals surface area contributed by atoms with Crippen LogP contribution >= 0.6 is 7.26 Å². The minimum absolute atomic E-state index is 0.195. The average molecular weight is 377 g/mol. The van der Waals surface area contributed by atoms with Gasteiger partial charge in [-0.15, -0.1) is 0 Å². The zero-order valence-corrected chi connectivity index (χ0v) is 18.4. The van der Waals surface area contributed by atoms with E-state index in [4.69, 9.17) is 0 Å². The van der Waals surface area contributed by atoms with Crippen LogP contribution in [0.15, 0.2) is 91.0 Å². The summed E-state index contributed by atoms with van der Waals surface area (Å²) in [7, 11) is -2.17. The van der Waals surface area contributed by atoms with E-state index in [0.29, 0.717) is 0 Å². The van der Waals surface area contributed by atoms with E-state index in [1.54, 1.807) is 0 Å². The Morgan fingerprint density at radius 3 is 1.07 bits per heavy atom. The number of benzene rings is 3. The quantitative estimate of drug-likeness (QED) is 0.495. The maximum absolute atomic E-state index is 2.45. The van der Waals surface area contributed by atoms with Gasteiger partial charge in [0, 0.05) is 0 Å². The molecular formula is C26H33P. The number of rotatable bonds is 5. The van der Waals surface area contributed by atoms with E-state index >= 15 is 0 Å². The Kier molecular flexibility index (Phi) is 5.59. The maximum atomic E-state index is 2.45. The molecule has 0 heterocycles. The first-order chi connectivity index (χ1) is 12.8. The van der Waals surface area contributed by atoms with Crippen molar-refractivity contribution >= 4 is 23.2 Å². The molecule has 3 aromatic rings. The van der Waals surface area contributed by atoms with Crippen molar-refractivity contribution < 1.29 is 0 Å². The van der Waals surface area contributed by atoms with Gasteiger partial charge in [0.15, 0.2) is 0 Å². The minimum atomic E-state index is -2.17. The van der Waals surface area contributed by atoms with E-state index in [0.717, 1.165) is 0 Å². The molecule has 3 aromatic carbocycles. The predicted octanol–water partition coefficient (Wildman–Crippen LogP) is 5.79. The predicted molar refractivity (Wildman–Crippen MR) is 125 cm³/mol. The molecule has 0 atom stereocenters. The van der Waals surface area contributed by atoms with Crippen molar-refractivity contribution in [2.45, 2.75) is 34.6 Å². The fourth-order valence-electron chi connectivity index (χ4n) is 3.90. The summed E-state index contributed by atoms with van der Waals surface area (Å²) in [5.74, 6) is 0. The van der Waals surface area contributed by atoms with Gasteiger partial charge >= 0.3 is 166 Å². The Morgan fingerprint density at radius 1 is 0.519 bits per heavy atom. The van der Waals surface area contributed by atoms with Gasteiger partial charge in [0.05, 0.1) is 0 Å². The van der Waals surface area contributed by atoms with Crippen LogP contribution in [0.1, 0.15) is 34.6 Å². The van der Waals surface area contributed by atoms with Crippen LogP contribution in [0.2, 0.25) is 0 Å². The molecule has 0 spiro atoms. The van der Waals surface area contributed by atoms with Crippen molar-refractivity contribution in [3.8, 4) is 0 Å². The third kappa shape index (κ3) is 3.87. The number of hydrogen-bond donors (Lipinski definition) is 0. The second kappa shape index (κ2) is 7.61. The zero-order chi connectivity index (χ0) is 19.5. The first-order valence-electron chi connectivity index (χ1n) is 9.94. The van der Waals surface area contributed by atoms with Crippen molar-refractivity contribution in [2.24, 2.45) is 10.8 Å².